The number of β-amino-alcohol motifs (C(OH)–C–C–N with tert-alkyl or cyclic N) is 1. The molecule has 108 valence electrons. The maximum Gasteiger partial charge on any atom is 0.298 e. The van der Waals surface area contributed by atoms with E-state index in [9.17, 15) is 5.11 Å². The summed E-state index contributed by atoms with van der Waals surface area (Å²) in [6, 6.07) is 8.22. The second-order valence-corrected chi connectivity index (χ2v) is 5.46. The summed E-state index contributed by atoms with van der Waals surface area (Å²) in [6.07, 6.45) is 4.00. The molecule has 4 rings (SSSR count). The average Bonchev–Trinajstić information content (AvgIpc) is 3.18. The molecule has 7 nitrogen and oxygen atoms in total. The van der Waals surface area contributed by atoms with E-state index in [1.165, 1.54) is 0 Å². The minimum atomic E-state index is -0.839. The van der Waals surface area contributed by atoms with Crippen LogP contribution in [-0.2, 0) is 6.54 Å². The van der Waals surface area contributed by atoms with Crippen LogP contribution < -0.4 is 4.90 Å². The fourth-order valence-electron chi connectivity index (χ4n) is 2.76. The molecule has 0 aliphatic carbocycles. The molecule has 2 aromatic heterocycles. The van der Waals surface area contributed by atoms with Crippen molar-refractivity contribution < 1.29 is 9.52 Å². The molecule has 21 heavy (non-hydrogen) atoms. The molecule has 3 aromatic rings. The predicted octanol–water partition coefficient (Wildman–Crippen LogP) is 1.06. The van der Waals surface area contributed by atoms with Crippen molar-refractivity contribution in [3.63, 3.8) is 0 Å². The molecule has 3 heterocycles. The van der Waals surface area contributed by atoms with Crippen molar-refractivity contribution in [2.75, 3.05) is 18.0 Å². The molecule has 1 fully saturated rings. The van der Waals surface area contributed by atoms with Gasteiger partial charge in [-0.2, -0.15) is 4.98 Å². The van der Waals surface area contributed by atoms with E-state index in [-0.39, 0.29) is 0 Å². The number of rotatable bonds is 3. The zero-order valence-electron chi connectivity index (χ0n) is 11.4. The van der Waals surface area contributed by atoms with Gasteiger partial charge in [-0.05, 0) is 18.6 Å². The molecule has 0 spiro atoms. The standard InChI is InChI=1S/C14H15N5O2/c20-14(10-19-8-6-15-17-19)5-7-18(9-14)13-16-11-3-1-2-4-12(11)21-13/h1-4,6,8,20H,5,7,9-10H2. The molecule has 1 N–H and O–H groups in total. The van der Waals surface area contributed by atoms with E-state index in [0.29, 0.717) is 32.1 Å². The number of hydrogen-bond acceptors (Lipinski definition) is 6. The van der Waals surface area contributed by atoms with E-state index >= 15 is 0 Å². The smallest absolute Gasteiger partial charge is 0.298 e. The van der Waals surface area contributed by atoms with Gasteiger partial charge in [0.25, 0.3) is 6.01 Å². The van der Waals surface area contributed by atoms with Crippen molar-refractivity contribution in [1.82, 2.24) is 20.0 Å². The summed E-state index contributed by atoms with van der Waals surface area (Å²) in [5.41, 5.74) is 0.757. The molecule has 0 radical (unpaired) electrons. The summed E-state index contributed by atoms with van der Waals surface area (Å²) in [4.78, 5) is 6.44. The third-order valence-electron chi connectivity index (χ3n) is 3.81. The monoisotopic (exact) mass is 285 g/mol. The normalized spacial score (nSPS) is 22.2. The topological polar surface area (TPSA) is 80.2 Å². The van der Waals surface area contributed by atoms with Crippen LogP contribution >= 0.6 is 0 Å². The minimum absolute atomic E-state index is 0.420. The largest absolute Gasteiger partial charge is 0.423 e. The van der Waals surface area contributed by atoms with Gasteiger partial charge in [0.15, 0.2) is 5.58 Å². The lowest BCUT2D eigenvalue weighted by molar-refractivity contribution is 0.0406. The Hall–Kier alpha value is -2.41. The molecule has 7 heteroatoms. The zero-order chi connectivity index (χ0) is 14.3. The number of nitrogens with zero attached hydrogens (tertiary/aromatic N) is 5. The van der Waals surface area contributed by atoms with Crippen molar-refractivity contribution in [2.24, 2.45) is 0 Å². The molecule has 1 unspecified atom stereocenters. The van der Waals surface area contributed by atoms with Crippen molar-refractivity contribution >= 4 is 17.1 Å². The first-order valence-corrected chi connectivity index (χ1v) is 6.89. The Morgan fingerprint density at radius 2 is 2.24 bits per heavy atom. The first kappa shape index (κ1) is 12.3. The van der Waals surface area contributed by atoms with Crippen LogP contribution in [-0.4, -0.2) is 43.8 Å². The van der Waals surface area contributed by atoms with E-state index in [0.717, 1.165) is 11.1 Å². The maximum absolute atomic E-state index is 10.7. The fraction of sp³-hybridized carbons (Fsp3) is 0.357. The Morgan fingerprint density at radius 1 is 1.33 bits per heavy atom. The summed E-state index contributed by atoms with van der Waals surface area (Å²) in [7, 11) is 0. The van der Waals surface area contributed by atoms with Gasteiger partial charge in [-0.1, -0.05) is 17.3 Å². The van der Waals surface area contributed by atoms with Crippen molar-refractivity contribution in [2.45, 2.75) is 18.6 Å². The van der Waals surface area contributed by atoms with Crippen LogP contribution in [0.5, 0.6) is 0 Å². The van der Waals surface area contributed by atoms with Gasteiger partial charge in [-0.15, -0.1) is 5.10 Å². The molecule has 0 amide bonds. The van der Waals surface area contributed by atoms with Gasteiger partial charge in [-0.25, -0.2) is 4.68 Å². The van der Waals surface area contributed by atoms with Gasteiger partial charge in [0, 0.05) is 12.7 Å². The molecular formula is C14H15N5O2. The van der Waals surface area contributed by atoms with Gasteiger partial charge in [0.1, 0.15) is 11.1 Å². The highest BCUT2D eigenvalue weighted by Crippen LogP contribution is 2.29. The van der Waals surface area contributed by atoms with Crippen LogP contribution in [0.25, 0.3) is 11.1 Å². The number of para-hydroxylation sites is 2. The van der Waals surface area contributed by atoms with Gasteiger partial charge in [0.05, 0.1) is 19.3 Å². The Bertz CT molecular complexity index is 721. The van der Waals surface area contributed by atoms with Crippen LogP contribution in [0.15, 0.2) is 41.1 Å². The number of fused-ring (bicyclic) bond motifs is 1. The first-order valence-electron chi connectivity index (χ1n) is 6.89. The van der Waals surface area contributed by atoms with Crippen molar-refractivity contribution in [3.8, 4) is 0 Å². The summed E-state index contributed by atoms with van der Waals surface area (Å²) >= 11 is 0. The lowest BCUT2D eigenvalue weighted by Crippen LogP contribution is -2.37. The van der Waals surface area contributed by atoms with Gasteiger partial charge < -0.3 is 14.4 Å². The summed E-state index contributed by atoms with van der Waals surface area (Å²) in [6.45, 7) is 1.60. The number of benzene rings is 1. The lowest BCUT2D eigenvalue weighted by atomic mass is 10.0. The number of aliphatic hydroxyl groups is 1. The van der Waals surface area contributed by atoms with E-state index < -0.39 is 5.60 Å². The Kier molecular flexibility index (Phi) is 2.68. The van der Waals surface area contributed by atoms with Crippen LogP contribution in [0.1, 0.15) is 6.42 Å². The van der Waals surface area contributed by atoms with Gasteiger partial charge in [0.2, 0.25) is 0 Å². The summed E-state index contributed by atoms with van der Waals surface area (Å²) < 4.78 is 7.40. The first-order chi connectivity index (χ1) is 10.2. The van der Waals surface area contributed by atoms with Crippen LogP contribution in [0.3, 0.4) is 0 Å². The number of aromatic nitrogens is 4. The molecule has 1 aromatic carbocycles. The quantitative estimate of drug-likeness (QED) is 0.775. The Balaban J connectivity index is 1.55. The van der Waals surface area contributed by atoms with E-state index in [2.05, 4.69) is 15.3 Å². The highest BCUT2D eigenvalue weighted by atomic mass is 16.4. The van der Waals surface area contributed by atoms with Gasteiger partial charge >= 0.3 is 0 Å². The zero-order valence-corrected chi connectivity index (χ0v) is 11.4. The van der Waals surface area contributed by atoms with E-state index in [1.807, 2.05) is 29.2 Å². The molecule has 0 saturated carbocycles. The predicted molar refractivity (Wildman–Crippen MR) is 75.8 cm³/mol. The Labute approximate surface area is 120 Å². The second kappa shape index (κ2) is 4.56. The maximum atomic E-state index is 10.7. The average molecular weight is 285 g/mol. The van der Waals surface area contributed by atoms with Crippen LogP contribution in [0.2, 0.25) is 0 Å². The third kappa shape index (κ3) is 2.25. The lowest BCUT2D eigenvalue weighted by Gasteiger charge is -2.22. The third-order valence-corrected chi connectivity index (χ3v) is 3.81. The summed E-state index contributed by atoms with van der Waals surface area (Å²) in [5.74, 6) is 0. The highest BCUT2D eigenvalue weighted by molar-refractivity contribution is 5.74. The number of anilines is 1. The number of hydrogen-bond donors (Lipinski definition) is 1. The van der Waals surface area contributed by atoms with Crippen molar-refractivity contribution in [1.29, 1.82) is 0 Å². The molecule has 1 atom stereocenters. The van der Waals surface area contributed by atoms with Crippen molar-refractivity contribution in [3.05, 3.63) is 36.7 Å². The Morgan fingerprint density at radius 3 is 3.05 bits per heavy atom. The second-order valence-electron chi connectivity index (χ2n) is 5.46. The summed E-state index contributed by atoms with van der Waals surface area (Å²) in [5, 5.41) is 18.3. The van der Waals surface area contributed by atoms with Crippen LogP contribution in [0.4, 0.5) is 6.01 Å². The molecule has 1 aliphatic rings. The van der Waals surface area contributed by atoms with E-state index in [4.69, 9.17) is 4.42 Å². The van der Waals surface area contributed by atoms with Gasteiger partial charge in [-0.3, -0.25) is 0 Å². The SMILES string of the molecule is OC1(Cn2ccnn2)CCN(c2nc3ccccc3o2)C1. The number of oxazole rings is 1. The molecule has 0 bridgehead atoms. The molecule has 1 saturated heterocycles. The fourth-order valence-corrected chi connectivity index (χ4v) is 2.76. The molecule has 1 aliphatic heterocycles. The minimum Gasteiger partial charge on any atom is -0.423 e. The van der Waals surface area contributed by atoms with Crippen LogP contribution in [0, 0.1) is 0 Å². The molecular weight excluding hydrogens is 270 g/mol. The highest BCUT2D eigenvalue weighted by Gasteiger charge is 2.38. The van der Waals surface area contributed by atoms with E-state index in [1.54, 1.807) is 17.1 Å².